The Morgan fingerprint density at radius 1 is 0.843 bits per heavy atom. The zero-order chi connectivity index (χ0) is 35.7. The van der Waals surface area contributed by atoms with Gasteiger partial charge >= 0.3 is 0 Å². The van der Waals surface area contributed by atoms with E-state index in [1.165, 1.54) is 87.3 Å². The van der Waals surface area contributed by atoms with E-state index < -0.39 is 23.0 Å². The molecule has 0 N–H and O–H groups in total. The van der Waals surface area contributed by atoms with Crippen LogP contribution >= 0.6 is 0 Å². The maximum Gasteiger partial charge on any atom is 0.263 e. The number of aromatic nitrogens is 1. The number of amides is 1. The van der Waals surface area contributed by atoms with E-state index in [9.17, 15) is 18.4 Å². The molecular formula is C40H50BrF2N3O5. The molecule has 1 amide bonds. The van der Waals surface area contributed by atoms with E-state index in [1.54, 1.807) is 55.0 Å². The lowest BCUT2D eigenvalue weighted by Gasteiger charge is -2.37. The first-order valence-electron chi connectivity index (χ1n) is 17.8. The van der Waals surface area contributed by atoms with E-state index in [0.717, 1.165) is 31.0 Å². The van der Waals surface area contributed by atoms with Gasteiger partial charge in [0, 0.05) is 47.7 Å². The summed E-state index contributed by atoms with van der Waals surface area (Å²) in [6.45, 7) is 6.25. The standard InChI is InChI=1S/C40H50F2N3O5.BrH/c1-5-43(32-24-29(41)23-30(42)25-32)40(47)35-28-44(31-15-18-37(48-3)38(26-31)49-4)36-27-33(16-17-34(36)39(35)46)50-22-14-9-7-6-8-11-19-45(2)20-12-10-13-21-45;/h15-18,23-28H,5-14,19-22H2,1-4H3;1H/q+1;/p-1. The Hall–Kier alpha value is -3.96. The molecule has 0 unspecified atom stereocenters. The average Bonchev–Trinajstić information content (AvgIpc) is 3.11. The normalized spacial score (nSPS) is 13.8. The predicted molar refractivity (Wildman–Crippen MR) is 194 cm³/mol. The lowest BCUT2D eigenvalue weighted by molar-refractivity contribution is -0.914. The molecule has 5 rings (SSSR count). The Labute approximate surface area is 310 Å². The van der Waals surface area contributed by atoms with Crippen molar-refractivity contribution in [3.8, 4) is 22.9 Å². The molecule has 0 atom stereocenters. The Morgan fingerprint density at radius 2 is 1.51 bits per heavy atom. The Morgan fingerprint density at radius 3 is 2.18 bits per heavy atom. The highest BCUT2D eigenvalue weighted by Crippen LogP contribution is 2.32. The number of likely N-dealkylation sites (tertiary alicyclic amines) is 1. The number of pyridine rings is 1. The fraction of sp³-hybridized carbons (Fsp3) is 0.450. The number of quaternary nitrogens is 1. The van der Waals surface area contributed by atoms with Crippen molar-refractivity contribution in [2.75, 3.05) is 59.0 Å². The molecular weight excluding hydrogens is 720 g/mol. The van der Waals surface area contributed by atoms with Gasteiger partial charge in [0.05, 0.1) is 53.0 Å². The third-order valence-corrected chi connectivity index (χ3v) is 9.83. The smallest absolute Gasteiger partial charge is 0.263 e. The van der Waals surface area contributed by atoms with Crippen molar-refractivity contribution in [2.45, 2.75) is 64.7 Å². The first-order valence-corrected chi connectivity index (χ1v) is 17.8. The molecule has 0 spiro atoms. The summed E-state index contributed by atoms with van der Waals surface area (Å²) in [6.07, 6.45) is 12.6. The van der Waals surface area contributed by atoms with Gasteiger partial charge in [-0.25, -0.2) is 8.78 Å². The number of carbonyl (C=O) groups excluding carboxylic acids is 1. The van der Waals surface area contributed by atoms with Crippen molar-refractivity contribution in [1.29, 1.82) is 0 Å². The molecule has 1 saturated heterocycles. The Bertz CT molecular complexity index is 1820. The van der Waals surface area contributed by atoms with Gasteiger partial charge in [0.15, 0.2) is 11.5 Å². The first-order chi connectivity index (χ1) is 24.2. The fourth-order valence-electron chi connectivity index (χ4n) is 7.01. The number of carbonyl (C=O) groups is 1. The monoisotopic (exact) mass is 769 g/mol. The quantitative estimate of drug-likeness (QED) is 0.114. The van der Waals surface area contributed by atoms with Crippen molar-refractivity contribution in [3.63, 3.8) is 0 Å². The maximum absolute atomic E-state index is 14.1. The minimum atomic E-state index is -0.821. The van der Waals surface area contributed by atoms with Gasteiger partial charge in [-0.1, -0.05) is 19.3 Å². The van der Waals surface area contributed by atoms with Gasteiger partial charge in [-0.2, -0.15) is 0 Å². The molecule has 1 aliphatic rings. The maximum atomic E-state index is 14.1. The van der Waals surface area contributed by atoms with E-state index in [-0.39, 0.29) is 34.8 Å². The number of unbranched alkanes of at least 4 members (excludes halogenated alkanes) is 5. The van der Waals surface area contributed by atoms with Crippen LogP contribution in [-0.2, 0) is 0 Å². The van der Waals surface area contributed by atoms with Gasteiger partial charge < -0.3 is 45.1 Å². The number of fused-ring (bicyclic) bond motifs is 1. The SMILES string of the molecule is CCN(C(=O)c1cn(-c2ccc(OC)c(OC)c2)c2cc(OCCCCCCCC[N+]3(C)CCCCC3)ccc2c1=O)c1cc(F)cc(F)c1.[Br-]. The molecule has 1 aliphatic heterocycles. The second kappa shape index (κ2) is 18.5. The van der Waals surface area contributed by atoms with E-state index in [1.807, 2.05) is 0 Å². The molecule has 3 aromatic carbocycles. The molecule has 0 bridgehead atoms. The van der Waals surface area contributed by atoms with Gasteiger partial charge in [0.2, 0.25) is 5.43 Å². The molecule has 2 heterocycles. The molecule has 0 aliphatic carbocycles. The largest absolute Gasteiger partial charge is 1.00 e. The number of anilines is 1. The number of nitrogens with zero attached hydrogens (tertiary/aromatic N) is 3. The highest BCUT2D eigenvalue weighted by Gasteiger charge is 2.25. The molecule has 0 saturated carbocycles. The van der Waals surface area contributed by atoms with E-state index >= 15 is 0 Å². The van der Waals surface area contributed by atoms with Crippen molar-refractivity contribution >= 4 is 22.5 Å². The molecule has 51 heavy (non-hydrogen) atoms. The topological polar surface area (TPSA) is 70.0 Å². The Kier molecular flexibility index (Phi) is 14.4. The summed E-state index contributed by atoms with van der Waals surface area (Å²) in [6, 6.07) is 13.3. The molecule has 0 radical (unpaired) electrons. The molecule has 1 fully saturated rings. The predicted octanol–water partition coefficient (Wildman–Crippen LogP) is 5.31. The number of rotatable bonds is 16. The third kappa shape index (κ3) is 9.89. The van der Waals surface area contributed by atoms with Gasteiger partial charge in [0.25, 0.3) is 5.91 Å². The Balaban J connectivity index is 0.00000583. The lowest BCUT2D eigenvalue weighted by atomic mass is 10.1. The number of benzene rings is 3. The molecule has 1 aromatic heterocycles. The minimum absolute atomic E-state index is 0. The first kappa shape index (κ1) is 39.8. The van der Waals surface area contributed by atoms with E-state index in [2.05, 4.69) is 7.05 Å². The summed E-state index contributed by atoms with van der Waals surface area (Å²) >= 11 is 0. The zero-order valence-corrected chi connectivity index (χ0v) is 31.8. The van der Waals surface area contributed by atoms with Crippen LogP contribution < -0.4 is 41.5 Å². The lowest BCUT2D eigenvalue weighted by Crippen LogP contribution is -3.00. The van der Waals surface area contributed by atoms with Crippen LogP contribution in [0, 0.1) is 11.6 Å². The van der Waals surface area contributed by atoms with Crippen molar-refractivity contribution in [2.24, 2.45) is 0 Å². The summed E-state index contributed by atoms with van der Waals surface area (Å²) < 4.78 is 48.3. The summed E-state index contributed by atoms with van der Waals surface area (Å²) in [7, 11) is 5.48. The van der Waals surface area contributed by atoms with Crippen LogP contribution in [0.1, 0.15) is 75.1 Å². The second-order valence-corrected chi connectivity index (χ2v) is 13.5. The fourth-order valence-corrected chi connectivity index (χ4v) is 7.01. The number of piperidine rings is 1. The van der Waals surface area contributed by atoms with Crippen molar-refractivity contribution in [1.82, 2.24) is 4.57 Å². The van der Waals surface area contributed by atoms with Crippen LogP contribution in [0.15, 0.2) is 65.6 Å². The van der Waals surface area contributed by atoms with Crippen LogP contribution in [0.3, 0.4) is 0 Å². The summed E-state index contributed by atoms with van der Waals surface area (Å²) in [5.41, 5.74) is 0.499. The van der Waals surface area contributed by atoms with Gasteiger partial charge in [-0.15, -0.1) is 0 Å². The number of hydrogen-bond acceptors (Lipinski definition) is 5. The second-order valence-electron chi connectivity index (χ2n) is 13.5. The number of halogens is 3. The minimum Gasteiger partial charge on any atom is -1.00 e. The zero-order valence-electron chi connectivity index (χ0n) is 30.2. The van der Waals surface area contributed by atoms with Crippen LogP contribution in [0.2, 0.25) is 0 Å². The van der Waals surface area contributed by atoms with Crippen LogP contribution in [0.4, 0.5) is 14.5 Å². The van der Waals surface area contributed by atoms with Crippen LogP contribution in [-0.4, -0.2) is 69.0 Å². The van der Waals surface area contributed by atoms with E-state index in [0.29, 0.717) is 40.4 Å². The van der Waals surface area contributed by atoms with Crippen molar-refractivity contribution < 1.29 is 49.3 Å². The number of hydrogen-bond donors (Lipinski definition) is 0. The number of methoxy groups -OCH3 is 2. The molecule has 276 valence electrons. The third-order valence-electron chi connectivity index (χ3n) is 9.83. The van der Waals surface area contributed by atoms with Crippen LogP contribution in [0.5, 0.6) is 17.2 Å². The molecule has 4 aromatic rings. The number of ether oxygens (including phenoxy) is 3. The van der Waals surface area contributed by atoms with Crippen LogP contribution in [0.25, 0.3) is 16.6 Å². The van der Waals surface area contributed by atoms with Gasteiger partial charge in [-0.05, 0) is 81.8 Å². The van der Waals surface area contributed by atoms with E-state index in [4.69, 9.17) is 14.2 Å². The molecule has 11 heteroatoms. The van der Waals surface area contributed by atoms with Crippen molar-refractivity contribution in [3.05, 3.63) is 88.2 Å². The van der Waals surface area contributed by atoms with Gasteiger partial charge in [-0.3, -0.25) is 9.59 Å². The summed E-state index contributed by atoms with van der Waals surface area (Å²) in [4.78, 5) is 29.0. The summed E-state index contributed by atoms with van der Waals surface area (Å²) in [5, 5.41) is 0.292. The molecule has 8 nitrogen and oxygen atoms in total. The average molecular weight is 771 g/mol. The van der Waals surface area contributed by atoms with Gasteiger partial charge in [0.1, 0.15) is 22.9 Å². The summed E-state index contributed by atoms with van der Waals surface area (Å²) in [5.74, 6) is -0.734. The highest BCUT2D eigenvalue weighted by atomic mass is 79.9. The highest BCUT2D eigenvalue weighted by molar-refractivity contribution is 6.07.